The molecular formula is C11H11NO3. The fraction of sp³-hybridized carbons (Fsp3) is 0.182. The highest BCUT2D eigenvalue weighted by Crippen LogP contribution is 2.28. The molecule has 4 nitrogen and oxygen atoms in total. The van der Waals surface area contributed by atoms with Crippen molar-refractivity contribution in [3.63, 3.8) is 0 Å². The molecule has 1 atom stereocenters. The SMILES string of the molecule is CC(O)(C(=O)O)c1cccc2[nH]ccc12. The van der Waals surface area contributed by atoms with Crippen molar-refractivity contribution in [2.24, 2.45) is 0 Å². The Kier molecular flexibility index (Phi) is 2.01. The number of aliphatic hydroxyl groups is 1. The largest absolute Gasteiger partial charge is 0.479 e. The van der Waals surface area contributed by atoms with Crippen LogP contribution in [-0.4, -0.2) is 21.2 Å². The zero-order chi connectivity index (χ0) is 11.1. The van der Waals surface area contributed by atoms with E-state index >= 15 is 0 Å². The Hall–Kier alpha value is -1.81. The molecule has 2 aromatic rings. The normalized spacial score (nSPS) is 15.1. The third-order valence-electron chi connectivity index (χ3n) is 2.54. The number of carboxylic acids is 1. The Balaban J connectivity index is 2.71. The first-order valence-corrected chi connectivity index (χ1v) is 4.56. The highest BCUT2D eigenvalue weighted by atomic mass is 16.4. The second-order valence-electron chi connectivity index (χ2n) is 3.62. The summed E-state index contributed by atoms with van der Waals surface area (Å²) in [4.78, 5) is 13.9. The van der Waals surface area contributed by atoms with Gasteiger partial charge in [0.2, 0.25) is 0 Å². The van der Waals surface area contributed by atoms with Gasteiger partial charge in [-0.2, -0.15) is 0 Å². The number of carboxylic acid groups (broad SMARTS) is 1. The highest BCUT2D eigenvalue weighted by Gasteiger charge is 2.33. The van der Waals surface area contributed by atoms with Crippen molar-refractivity contribution in [3.05, 3.63) is 36.0 Å². The average molecular weight is 205 g/mol. The predicted octanol–water partition coefficient (Wildman–Crippen LogP) is 1.46. The van der Waals surface area contributed by atoms with Crippen LogP contribution in [0.2, 0.25) is 0 Å². The van der Waals surface area contributed by atoms with E-state index in [9.17, 15) is 9.90 Å². The van der Waals surface area contributed by atoms with Gasteiger partial charge in [0, 0.05) is 22.7 Å². The number of carbonyl (C=O) groups is 1. The lowest BCUT2D eigenvalue weighted by Crippen LogP contribution is -2.31. The molecule has 0 aliphatic heterocycles. The van der Waals surface area contributed by atoms with Crippen LogP contribution in [0.15, 0.2) is 30.5 Å². The fourth-order valence-corrected chi connectivity index (χ4v) is 1.63. The molecule has 1 aromatic carbocycles. The Morgan fingerprint density at radius 2 is 2.13 bits per heavy atom. The topological polar surface area (TPSA) is 73.3 Å². The summed E-state index contributed by atoms with van der Waals surface area (Å²) >= 11 is 0. The summed E-state index contributed by atoms with van der Waals surface area (Å²) in [6.07, 6.45) is 1.71. The summed E-state index contributed by atoms with van der Waals surface area (Å²) in [5.41, 5.74) is -0.649. The average Bonchev–Trinajstić information content (AvgIpc) is 2.64. The Labute approximate surface area is 86.2 Å². The number of hydrogen-bond acceptors (Lipinski definition) is 2. The van der Waals surface area contributed by atoms with Crippen LogP contribution in [0.3, 0.4) is 0 Å². The molecule has 78 valence electrons. The maximum Gasteiger partial charge on any atom is 0.340 e. The van der Waals surface area contributed by atoms with Crippen molar-refractivity contribution in [1.29, 1.82) is 0 Å². The number of fused-ring (bicyclic) bond motifs is 1. The van der Waals surface area contributed by atoms with E-state index in [0.29, 0.717) is 5.56 Å². The molecule has 0 saturated heterocycles. The molecular weight excluding hydrogens is 194 g/mol. The molecule has 1 unspecified atom stereocenters. The molecule has 0 fully saturated rings. The van der Waals surface area contributed by atoms with Crippen molar-refractivity contribution in [3.8, 4) is 0 Å². The van der Waals surface area contributed by atoms with Gasteiger partial charge >= 0.3 is 5.97 Å². The molecule has 0 saturated carbocycles. The summed E-state index contributed by atoms with van der Waals surface area (Å²) in [6, 6.07) is 6.91. The van der Waals surface area contributed by atoms with E-state index in [1.54, 1.807) is 24.4 Å². The van der Waals surface area contributed by atoms with Gasteiger partial charge in [-0.25, -0.2) is 4.79 Å². The molecule has 2 rings (SSSR count). The summed E-state index contributed by atoms with van der Waals surface area (Å²) < 4.78 is 0. The van der Waals surface area contributed by atoms with E-state index in [1.807, 2.05) is 6.07 Å². The molecule has 4 heteroatoms. The number of aromatic amines is 1. The van der Waals surface area contributed by atoms with Crippen molar-refractivity contribution in [1.82, 2.24) is 4.98 Å². The summed E-state index contributed by atoms with van der Waals surface area (Å²) in [6.45, 7) is 1.27. The highest BCUT2D eigenvalue weighted by molar-refractivity contribution is 5.90. The lowest BCUT2D eigenvalue weighted by atomic mass is 9.93. The fourth-order valence-electron chi connectivity index (χ4n) is 1.63. The minimum absolute atomic E-state index is 0.397. The van der Waals surface area contributed by atoms with Crippen LogP contribution in [0.25, 0.3) is 10.9 Å². The molecule has 0 amide bonds. The molecule has 1 aromatic heterocycles. The molecule has 15 heavy (non-hydrogen) atoms. The first kappa shape index (κ1) is 9.73. The van der Waals surface area contributed by atoms with Crippen LogP contribution >= 0.6 is 0 Å². The molecule has 0 aliphatic rings. The van der Waals surface area contributed by atoms with Crippen LogP contribution < -0.4 is 0 Å². The lowest BCUT2D eigenvalue weighted by Gasteiger charge is -2.19. The van der Waals surface area contributed by atoms with E-state index in [1.165, 1.54) is 6.92 Å². The Morgan fingerprint density at radius 3 is 2.80 bits per heavy atom. The minimum atomic E-state index is -1.86. The third-order valence-corrected chi connectivity index (χ3v) is 2.54. The van der Waals surface area contributed by atoms with Crippen LogP contribution in [0.5, 0.6) is 0 Å². The maximum absolute atomic E-state index is 10.9. The van der Waals surface area contributed by atoms with Crippen LogP contribution in [0, 0.1) is 0 Å². The van der Waals surface area contributed by atoms with Crippen molar-refractivity contribution < 1.29 is 15.0 Å². The van der Waals surface area contributed by atoms with Gasteiger partial charge in [-0.05, 0) is 19.1 Å². The number of hydrogen-bond donors (Lipinski definition) is 3. The van der Waals surface area contributed by atoms with Crippen molar-refractivity contribution >= 4 is 16.9 Å². The molecule has 0 spiro atoms. The lowest BCUT2D eigenvalue weighted by molar-refractivity contribution is -0.157. The molecule has 0 bridgehead atoms. The standard InChI is InChI=1S/C11H11NO3/c1-11(15,10(13)14)8-3-2-4-9-7(8)5-6-12-9/h2-6,12,15H,1H3,(H,13,14). The van der Waals surface area contributed by atoms with Gasteiger partial charge in [0.1, 0.15) is 0 Å². The Bertz CT molecular complexity index is 513. The van der Waals surface area contributed by atoms with Gasteiger partial charge in [-0.1, -0.05) is 12.1 Å². The van der Waals surface area contributed by atoms with E-state index in [2.05, 4.69) is 4.98 Å². The predicted molar refractivity (Wildman–Crippen MR) is 55.5 cm³/mol. The number of aliphatic carboxylic acids is 1. The number of rotatable bonds is 2. The van der Waals surface area contributed by atoms with Gasteiger partial charge in [0.25, 0.3) is 0 Å². The monoisotopic (exact) mass is 205 g/mol. The molecule has 0 aliphatic carbocycles. The minimum Gasteiger partial charge on any atom is -0.479 e. The maximum atomic E-state index is 10.9. The first-order chi connectivity index (χ1) is 7.03. The van der Waals surface area contributed by atoms with E-state index in [4.69, 9.17) is 5.11 Å². The van der Waals surface area contributed by atoms with Gasteiger partial charge in [-0.15, -0.1) is 0 Å². The van der Waals surface area contributed by atoms with Crippen LogP contribution in [0.1, 0.15) is 12.5 Å². The van der Waals surface area contributed by atoms with Crippen LogP contribution in [-0.2, 0) is 10.4 Å². The van der Waals surface area contributed by atoms with Gasteiger partial charge in [-0.3, -0.25) is 0 Å². The summed E-state index contributed by atoms with van der Waals surface area (Å²) in [5.74, 6) is -1.25. The van der Waals surface area contributed by atoms with Gasteiger partial charge in [0.15, 0.2) is 5.60 Å². The Morgan fingerprint density at radius 1 is 1.40 bits per heavy atom. The van der Waals surface area contributed by atoms with Crippen molar-refractivity contribution in [2.75, 3.05) is 0 Å². The van der Waals surface area contributed by atoms with Gasteiger partial charge in [0.05, 0.1) is 0 Å². The third kappa shape index (κ3) is 1.39. The van der Waals surface area contributed by atoms with E-state index in [0.717, 1.165) is 10.9 Å². The first-order valence-electron chi connectivity index (χ1n) is 4.56. The van der Waals surface area contributed by atoms with E-state index < -0.39 is 11.6 Å². The number of benzene rings is 1. The quantitative estimate of drug-likeness (QED) is 0.694. The van der Waals surface area contributed by atoms with Crippen LogP contribution in [0.4, 0.5) is 0 Å². The van der Waals surface area contributed by atoms with E-state index in [-0.39, 0.29) is 0 Å². The van der Waals surface area contributed by atoms with Gasteiger partial charge < -0.3 is 15.2 Å². The second kappa shape index (κ2) is 3.10. The summed E-state index contributed by atoms with van der Waals surface area (Å²) in [7, 11) is 0. The molecule has 3 N–H and O–H groups in total. The zero-order valence-electron chi connectivity index (χ0n) is 8.19. The second-order valence-corrected chi connectivity index (χ2v) is 3.62. The molecule has 0 radical (unpaired) electrons. The number of H-pyrrole nitrogens is 1. The molecule has 1 heterocycles. The smallest absolute Gasteiger partial charge is 0.340 e. The van der Waals surface area contributed by atoms with Crippen molar-refractivity contribution in [2.45, 2.75) is 12.5 Å². The summed E-state index contributed by atoms with van der Waals surface area (Å²) in [5, 5.41) is 19.5. The zero-order valence-corrected chi connectivity index (χ0v) is 8.19. The number of aromatic nitrogens is 1. The number of nitrogens with one attached hydrogen (secondary N) is 1.